The van der Waals surface area contributed by atoms with E-state index in [1.807, 2.05) is 0 Å². The first-order chi connectivity index (χ1) is 8.04. The van der Waals surface area contributed by atoms with Crippen LogP contribution < -0.4 is 4.74 Å². The number of carbonyl (C=O) groups excluding carboxylic acids is 2. The summed E-state index contributed by atoms with van der Waals surface area (Å²) >= 11 is 0. The van der Waals surface area contributed by atoms with E-state index in [9.17, 15) is 9.59 Å². The number of methoxy groups -OCH3 is 1. The van der Waals surface area contributed by atoms with Crippen molar-refractivity contribution in [3.8, 4) is 5.75 Å². The predicted molar refractivity (Wildman–Crippen MR) is 62.0 cm³/mol. The summed E-state index contributed by atoms with van der Waals surface area (Å²) < 4.78 is 9.82. The van der Waals surface area contributed by atoms with Crippen LogP contribution in [0.1, 0.15) is 10.4 Å². The zero-order valence-electron chi connectivity index (χ0n) is 10.1. The van der Waals surface area contributed by atoms with Gasteiger partial charge < -0.3 is 14.4 Å². The fourth-order valence-electron chi connectivity index (χ4n) is 1.08. The number of hydrogen-bond acceptors (Lipinski definition) is 4. The van der Waals surface area contributed by atoms with Crippen LogP contribution in [0.3, 0.4) is 0 Å². The van der Waals surface area contributed by atoms with Crippen molar-refractivity contribution in [3.05, 3.63) is 29.8 Å². The third kappa shape index (κ3) is 3.79. The summed E-state index contributed by atoms with van der Waals surface area (Å²) in [5, 5.41) is 0. The van der Waals surface area contributed by atoms with Crippen molar-refractivity contribution in [2.75, 3.05) is 27.8 Å². The van der Waals surface area contributed by atoms with E-state index in [1.54, 1.807) is 38.4 Å². The van der Waals surface area contributed by atoms with Gasteiger partial charge in [0.25, 0.3) is 5.91 Å². The molecule has 0 atom stereocenters. The number of esters is 1. The molecule has 17 heavy (non-hydrogen) atoms. The second kappa shape index (κ2) is 5.89. The molecular weight excluding hydrogens is 222 g/mol. The van der Waals surface area contributed by atoms with Crippen molar-refractivity contribution in [1.82, 2.24) is 4.90 Å². The lowest BCUT2D eigenvalue weighted by molar-refractivity contribution is -0.130. The van der Waals surface area contributed by atoms with Crippen LogP contribution in [0.5, 0.6) is 5.75 Å². The number of hydrogen-bond donors (Lipinski definition) is 0. The van der Waals surface area contributed by atoms with Gasteiger partial charge >= 0.3 is 5.97 Å². The van der Waals surface area contributed by atoms with Crippen LogP contribution in [0, 0.1) is 0 Å². The maximum Gasteiger partial charge on any atom is 0.337 e. The Bertz CT molecular complexity index is 397. The van der Waals surface area contributed by atoms with Gasteiger partial charge in [0.2, 0.25) is 0 Å². The fourth-order valence-corrected chi connectivity index (χ4v) is 1.08. The largest absolute Gasteiger partial charge is 0.484 e. The molecule has 0 aliphatic carbocycles. The summed E-state index contributed by atoms with van der Waals surface area (Å²) in [5.74, 6) is 0.0100. The number of ether oxygens (including phenoxy) is 2. The Labute approximate surface area is 99.9 Å². The van der Waals surface area contributed by atoms with E-state index in [1.165, 1.54) is 12.0 Å². The van der Waals surface area contributed by atoms with Crippen LogP contribution in [0.2, 0.25) is 0 Å². The molecule has 1 aromatic rings. The third-order valence-corrected chi connectivity index (χ3v) is 2.14. The van der Waals surface area contributed by atoms with Gasteiger partial charge in [0.15, 0.2) is 6.61 Å². The standard InChI is InChI=1S/C12H15NO4/c1-13(2)11(14)8-17-10-6-4-9(5-7-10)12(15)16-3/h4-7H,8H2,1-3H3. The highest BCUT2D eigenvalue weighted by Gasteiger charge is 2.07. The van der Waals surface area contributed by atoms with Gasteiger partial charge in [0, 0.05) is 14.1 Å². The minimum Gasteiger partial charge on any atom is -0.484 e. The summed E-state index contributed by atoms with van der Waals surface area (Å²) in [6.07, 6.45) is 0. The number of benzene rings is 1. The molecule has 0 N–H and O–H groups in total. The molecular formula is C12H15NO4. The Morgan fingerprint density at radius 2 is 1.76 bits per heavy atom. The molecule has 5 heteroatoms. The van der Waals surface area contributed by atoms with Crippen molar-refractivity contribution in [2.24, 2.45) is 0 Å². The molecule has 0 radical (unpaired) electrons. The SMILES string of the molecule is COC(=O)c1ccc(OCC(=O)N(C)C)cc1. The molecule has 0 unspecified atom stereocenters. The fraction of sp³-hybridized carbons (Fsp3) is 0.333. The molecule has 0 aromatic heterocycles. The van der Waals surface area contributed by atoms with Crippen LogP contribution in [0.25, 0.3) is 0 Å². The molecule has 0 heterocycles. The van der Waals surface area contributed by atoms with Gasteiger partial charge in [-0.15, -0.1) is 0 Å². The Morgan fingerprint density at radius 3 is 2.24 bits per heavy atom. The van der Waals surface area contributed by atoms with Crippen molar-refractivity contribution < 1.29 is 19.1 Å². The molecule has 0 aliphatic rings. The first-order valence-electron chi connectivity index (χ1n) is 5.06. The number of likely N-dealkylation sites (N-methyl/N-ethyl adjacent to an activating group) is 1. The van der Waals surface area contributed by atoms with Crippen LogP contribution in [-0.4, -0.2) is 44.6 Å². The average Bonchev–Trinajstić information content (AvgIpc) is 2.35. The zero-order chi connectivity index (χ0) is 12.8. The van der Waals surface area contributed by atoms with Gasteiger partial charge in [-0.05, 0) is 24.3 Å². The van der Waals surface area contributed by atoms with Gasteiger partial charge in [-0.25, -0.2) is 4.79 Å². The molecule has 0 saturated heterocycles. The topological polar surface area (TPSA) is 55.8 Å². The number of rotatable bonds is 4. The minimum absolute atomic E-state index is 0.0232. The van der Waals surface area contributed by atoms with E-state index >= 15 is 0 Å². The molecule has 1 amide bonds. The molecule has 0 bridgehead atoms. The van der Waals surface area contributed by atoms with Crippen molar-refractivity contribution in [3.63, 3.8) is 0 Å². The normalized spacial score (nSPS) is 9.59. The monoisotopic (exact) mass is 237 g/mol. The quantitative estimate of drug-likeness (QED) is 0.731. The number of carbonyl (C=O) groups is 2. The summed E-state index contributed by atoms with van der Waals surface area (Å²) in [6, 6.07) is 6.41. The molecule has 0 aliphatic heterocycles. The van der Waals surface area contributed by atoms with Gasteiger partial charge in [0.05, 0.1) is 12.7 Å². The van der Waals surface area contributed by atoms with E-state index in [2.05, 4.69) is 4.74 Å². The van der Waals surface area contributed by atoms with E-state index in [4.69, 9.17) is 4.74 Å². The van der Waals surface area contributed by atoms with Crippen LogP contribution in [0.4, 0.5) is 0 Å². The molecule has 0 saturated carbocycles. The lowest BCUT2D eigenvalue weighted by atomic mass is 10.2. The molecule has 92 valence electrons. The van der Waals surface area contributed by atoms with Gasteiger partial charge in [-0.1, -0.05) is 0 Å². The predicted octanol–water partition coefficient (Wildman–Crippen LogP) is 0.940. The van der Waals surface area contributed by atoms with Gasteiger partial charge in [0.1, 0.15) is 5.75 Å². The Balaban J connectivity index is 2.57. The zero-order valence-corrected chi connectivity index (χ0v) is 10.1. The summed E-state index contributed by atoms with van der Waals surface area (Å²) in [4.78, 5) is 23.9. The van der Waals surface area contributed by atoms with Crippen LogP contribution >= 0.6 is 0 Å². The third-order valence-electron chi connectivity index (χ3n) is 2.14. The number of nitrogens with zero attached hydrogens (tertiary/aromatic N) is 1. The highest BCUT2D eigenvalue weighted by molar-refractivity contribution is 5.89. The highest BCUT2D eigenvalue weighted by Crippen LogP contribution is 2.12. The van der Waals surface area contributed by atoms with E-state index in [-0.39, 0.29) is 12.5 Å². The second-order valence-electron chi connectivity index (χ2n) is 3.59. The Kier molecular flexibility index (Phi) is 4.51. The lowest BCUT2D eigenvalue weighted by Gasteiger charge is -2.11. The van der Waals surface area contributed by atoms with Crippen molar-refractivity contribution >= 4 is 11.9 Å². The van der Waals surface area contributed by atoms with E-state index in [0.717, 1.165) is 0 Å². The first kappa shape index (κ1) is 13.0. The highest BCUT2D eigenvalue weighted by atomic mass is 16.5. The van der Waals surface area contributed by atoms with Crippen LogP contribution in [-0.2, 0) is 9.53 Å². The van der Waals surface area contributed by atoms with Crippen molar-refractivity contribution in [2.45, 2.75) is 0 Å². The lowest BCUT2D eigenvalue weighted by Crippen LogP contribution is -2.27. The molecule has 5 nitrogen and oxygen atoms in total. The molecule has 1 rings (SSSR count). The van der Waals surface area contributed by atoms with E-state index < -0.39 is 5.97 Å². The number of amides is 1. The maximum absolute atomic E-state index is 11.3. The maximum atomic E-state index is 11.3. The molecule has 0 spiro atoms. The van der Waals surface area contributed by atoms with Gasteiger partial charge in [-0.2, -0.15) is 0 Å². The first-order valence-corrected chi connectivity index (χ1v) is 5.06. The van der Waals surface area contributed by atoms with E-state index in [0.29, 0.717) is 11.3 Å². The molecule has 0 fully saturated rings. The summed E-state index contributed by atoms with van der Waals surface area (Å²) in [5.41, 5.74) is 0.443. The minimum atomic E-state index is -0.402. The van der Waals surface area contributed by atoms with Gasteiger partial charge in [-0.3, -0.25) is 4.79 Å². The second-order valence-corrected chi connectivity index (χ2v) is 3.59. The Morgan fingerprint density at radius 1 is 1.18 bits per heavy atom. The Hall–Kier alpha value is -2.04. The summed E-state index contributed by atoms with van der Waals surface area (Å²) in [7, 11) is 4.64. The molecule has 1 aromatic carbocycles. The smallest absolute Gasteiger partial charge is 0.337 e. The summed E-state index contributed by atoms with van der Waals surface area (Å²) in [6.45, 7) is -0.0232. The average molecular weight is 237 g/mol. The van der Waals surface area contributed by atoms with Crippen LogP contribution in [0.15, 0.2) is 24.3 Å². The van der Waals surface area contributed by atoms with Crippen molar-refractivity contribution in [1.29, 1.82) is 0 Å².